The van der Waals surface area contributed by atoms with Crippen molar-refractivity contribution >= 4 is 0 Å². The Morgan fingerprint density at radius 3 is 2.56 bits per heavy atom. The molecule has 2 heteroatoms. The lowest BCUT2D eigenvalue weighted by Gasteiger charge is -2.33. The second-order valence-corrected chi connectivity index (χ2v) is 5.78. The molecule has 2 fully saturated rings. The van der Waals surface area contributed by atoms with Crippen molar-refractivity contribution in [2.24, 2.45) is 5.92 Å². The molecule has 0 aromatic rings. The predicted octanol–water partition coefficient (Wildman–Crippen LogP) is 2.80. The van der Waals surface area contributed by atoms with Crippen molar-refractivity contribution in [1.82, 2.24) is 4.90 Å². The van der Waals surface area contributed by atoms with Gasteiger partial charge in [0.25, 0.3) is 0 Å². The van der Waals surface area contributed by atoms with E-state index in [4.69, 9.17) is 0 Å². The van der Waals surface area contributed by atoms with Crippen molar-refractivity contribution in [2.75, 3.05) is 19.6 Å². The Bertz CT molecular complexity index is 213. The van der Waals surface area contributed by atoms with Gasteiger partial charge in [0.05, 0.1) is 5.60 Å². The molecule has 0 spiro atoms. The Morgan fingerprint density at radius 1 is 1.12 bits per heavy atom. The molecule has 1 saturated heterocycles. The van der Waals surface area contributed by atoms with E-state index in [1.165, 1.54) is 51.6 Å². The van der Waals surface area contributed by atoms with Gasteiger partial charge in [0.2, 0.25) is 0 Å². The summed E-state index contributed by atoms with van der Waals surface area (Å²) in [7, 11) is 0. The highest BCUT2D eigenvalue weighted by atomic mass is 16.3. The molecule has 0 radical (unpaired) electrons. The molecule has 1 saturated carbocycles. The number of hydrogen-bond donors (Lipinski definition) is 1. The molecule has 0 amide bonds. The maximum absolute atomic E-state index is 10.8. The Morgan fingerprint density at radius 2 is 1.88 bits per heavy atom. The third kappa shape index (κ3) is 2.78. The van der Waals surface area contributed by atoms with Crippen molar-refractivity contribution in [3.05, 3.63) is 0 Å². The summed E-state index contributed by atoms with van der Waals surface area (Å²) in [6.07, 6.45) is 9.69. The lowest BCUT2D eigenvalue weighted by molar-refractivity contribution is -0.0289. The van der Waals surface area contributed by atoms with Gasteiger partial charge >= 0.3 is 0 Å². The zero-order valence-electron chi connectivity index (χ0n) is 10.7. The zero-order valence-corrected chi connectivity index (χ0v) is 10.7. The van der Waals surface area contributed by atoms with Gasteiger partial charge in [0.1, 0.15) is 0 Å². The van der Waals surface area contributed by atoms with Crippen LogP contribution in [0.2, 0.25) is 0 Å². The highest BCUT2D eigenvalue weighted by Crippen LogP contribution is 2.39. The Balaban J connectivity index is 1.90. The molecule has 2 aliphatic rings. The standard InChI is InChI=1S/C14H27NO/c1-2-10-15-11-5-8-14(16,9-12-15)13-6-3-4-7-13/h13,16H,2-12H2,1H3. The van der Waals surface area contributed by atoms with Crippen molar-refractivity contribution in [3.63, 3.8) is 0 Å². The van der Waals surface area contributed by atoms with E-state index in [0.29, 0.717) is 5.92 Å². The Kier molecular flexibility index (Phi) is 4.26. The SMILES string of the molecule is CCCN1CCCC(O)(C2CCCC2)CC1. The summed E-state index contributed by atoms with van der Waals surface area (Å²) >= 11 is 0. The van der Waals surface area contributed by atoms with Crippen LogP contribution in [0.3, 0.4) is 0 Å². The Labute approximate surface area is 100 Å². The summed E-state index contributed by atoms with van der Waals surface area (Å²) in [6, 6.07) is 0. The van der Waals surface area contributed by atoms with Crippen molar-refractivity contribution in [1.29, 1.82) is 0 Å². The minimum atomic E-state index is -0.320. The normalized spacial score (nSPS) is 34.1. The fourth-order valence-corrected chi connectivity index (χ4v) is 3.61. The van der Waals surface area contributed by atoms with Gasteiger partial charge in [-0.05, 0) is 57.5 Å². The van der Waals surface area contributed by atoms with E-state index in [0.717, 1.165) is 19.4 Å². The highest BCUT2D eigenvalue weighted by Gasteiger charge is 2.38. The van der Waals surface area contributed by atoms with E-state index in [9.17, 15) is 5.11 Å². The number of nitrogens with zero attached hydrogens (tertiary/aromatic N) is 1. The summed E-state index contributed by atoms with van der Waals surface area (Å²) in [5.41, 5.74) is -0.320. The molecule has 1 aliphatic heterocycles. The van der Waals surface area contributed by atoms with E-state index < -0.39 is 0 Å². The van der Waals surface area contributed by atoms with Crippen molar-refractivity contribution in [2.45, 2.75) is 63.9 Å². The molecule has 1 atom stereocenters. The van der Waals surface area contributed by atoms with Crippen LogP contribution in [0.25, 0.3) is 0 Å². The van der Waals surface area contributed by atoms with Crippen LogP contribution < -0.4 is 0 Å². The van der Waals surface area contributed by atoms with Gasteiger partial charge in [0.15, 0.2) is 0 Å². The number of rotatable bonds is 3. The molecule has 16 heavy (non-hydrogen) atoms. The summed E-state index contributed by atoms with van der Waals surface area (Å²) in [4.78, 5) is 2.53. The maximum atomic E-state index is 10.8. The van der Waals surface area contributed by atoms with E-state index in [1.54, 1.807) is 0 Å². The highest BCUT2D eigenvalue weighted by molar-refractivity contribution is 4.91. The Hall–Kier alpha value is -0.0800. The lowest BCUT2D eigenvalue weighted by atomic mass is 9.80. The molecule has 0 bridgehead atoms. The quantitative estimate of drug-likeness (QED) is 0.798. The molecule has 2 rings (SSSR count). The van der Waals surface area contributed by atoms with Gasteiger partial charge in [-0.1, -0.05) is 19.8 Å². The van der Waals surface area contributed by atoms with Crippen LogP contribution in [0.15, 0.2) is 0 Å². The van der Waals surface area contributed by atoms with Crippen LogP contribution in [0.5, 0.6) is 0 Å². The van der Waals surface area contributed by atoms with Crippen LogP contribution in [0.1, 0.15) is 58.3 Å². The van der Waals surface area contributed by atoms with E-state index in [-0.39, 0.29) is 5.60 Å². The molecule has 1 heterocycles. The van der Waals surface area contributed by atoms with Gasteiger partial charge in [-0.2, -0.15) is 0 Å². The molecular weight excluding hydrogens is 198 g/mol. The fraction of sp³-hybridized carbons (Fsp3) is 1.00. The summed E-state index contributed by atoms with van der Waals surface area (Å²) in [5.74, 6) is 0.606. The molecule has 94 valence electrons. The molecule has 0 aromatic carbocycles. The fourth-order valence-electron chi connectivity index (χ4n) is 3.61. The van der Waals surface area contributed by atoms with Gasteiger partial charge in [-0.15, -0.1) is 0 Å². The van der Waals surface area contributed by atoms with Gasteiger partial charge in [0, 0.05) is 6.54 Å². The van der Waals surface area contributed by atoms with Crippen LogP contribution >= 0.6 is 0 Å². The first-order chi connectivity index (χ1) is 7.74. The van der Waals surface area contributed by atoms with Crippen LogP contribution in [0.4, 0.5) is 0 Å². The third-order valence-corrected chi connectivity index (χ3v) is 4.60. The molecule has 0 aromatic heterocycles. The van der Waals surface area contributed by atoms with Crippen LogP contribution in [-0.2, 0) is 0 Å². The second-order valence-electron chi connectivity index (χ2n) is 5.78. The first kappa shape index (κ1) is 12.4. The van der Waals surface area contributed by atoms with Gasteiger partial charge < -0.3 is 10.0 Å². The average molecular weight is 225 g/mol. The smallest absolute Gasteiger partial charge is 0.0688 e. The minimum absolute atomic E-state index is 0.320. The van der Waals surface area contributed by atoms with Gasteiger partial charge in [-0.25, -0.2) is 0 Å². The molecule has 1 unspecified atom stereocenters. The largest absolute Gasteiger partial charge is 0.390 e. The van der Waals surface area contributed by atoms with E-state index in [2.05, 4.69) is 11.8 Å². The first-order valence-corrected chi connectivity index (χ1v) is 7.19. The van der Waals surface area contributed by atoms with E-state index in [1.807, 2.05) is 0 Å². The van der Waals surface area contributed by atoms with Crippen LogP contribution in [0, 0.1) is 5.92 Å². The minimum Gasteiger partial charge on any atom is -0.390 e. The average Bonchev–Trinajstić information content (AvgIpc) is 2.74. The number of hydrogen-bond acceptors (Lipinski definition) is 2. The molecule has 1 aliphatic carbocycles. The number of likely N-dealkylation sites (tertiary alicyclic amines) is 1. The van der Waals surface area contributed by atoms with Gasteiger partial charge in [-0.3, -0.25) is 0 Å². The van der Waals surface area contributed by atoms with E-state index >= 15 is 0 Å². The summed E-state index contributed by atoms with van der Waals surface area (Å²) < 4.78 is 0. The van der Waals surface area contributed by atoms with Crippen molar-refractivity contribution < 1.29 is 5.11 Å². The first-order valence-electron chi connectivity index (χ1n) is 7.19. The topological polar surface area (TPSA) is 23.5 Å². The summed E-state index contributed by atoms with van der Waals surface area (Å²) in [5, 5.41) is 10.8. The monoisotopic (exact) mass is 225 g/mol. The predicted molar refractivity (Wildman–Crippen MR) is 67.5 cm³/mol. The third-order valence-electron chi connectivity index (χ3n) is 4.60. The number of aliphatic hydroxyl groups is 1. The zero-order chi connectivity index (χ0) is 11.4. The molecule has 2 nitrogen and oxygen atoms in total. The molecule has 1 N–H and O–H groups in total. The summed E-state index contributed by atoms with van der Waals surface area (Å²) in [6.45, 7) is 5.76. The van der Waals surface area contributed by atoms with Crippen LogP contribution in [-0.4, -0.2) is 35.2 Å². The second kappa shape index (κ2) is 5.50. The van der Waals surface area contributed by atoms with Crippen molar-refractivity contribution in [3.8, 4) is 0 Å². The molecular formula is C14H27NO. The lowest BCUT2D eigenvalue weighted by Crippen LogP contribution is -2.37. The maximum Gasteiger partial charge on any atom is 0.0688 e.